The first kappa shape index (κ1) is 22.8. The van der Waals surface area contributed by atoms with Gasteiger partial charge in [-0.25, -0.2) is 0 Å². The second kappa shape index (κ2) is 10.5. The Labute approximate surface area is 192 Å². The SMILES string of the molecule is CN(C)C(=O)c1cc(C2CCC(CNC(=O)CCC3CCCC3)CC2)nc2ccccc12. The third kappa shape index (κ3) is 5.48. The maximum atomic E-state index is 12.8. The van der Waals surface area contributed by atoms with Gasteiger partial charge in [0.15, 0.2) is 0 Å². The number of rotatable bonds is 7. The maximum Gasteiger partial charge on any atom is 0.254 e. The Balaban J connectivity index is 1.32. The van der Waals surface area contributed by atoms with E-state index in [0.717, 1.165) is 66.7 Å². The highest BCUT2D eigenvalue weighted by atomic mass is 16.2. The summed E-state index contributed by atoms with van der Waals surface area (Å²) in [5, 5.41) is 4.11. The van der Waals surface area contributed by atoms with Gasteiger partial charge in [0.2, 0.25) is 5.91 Å². The molecule has 1 N–H and O–H groups in total. The summed E-state index contributed by atoms with van der Waals surface area (Å²) in [5.74, 6) is 1.95. The normalized spacial score (nSPS) is 21.6. The molecular weight excluding hydrogens is 398 g/mol. The van der Waals surface area contributed by atoms with Crippen LogP contribution in [0.3, 0.4) is 0 Å². The molecule has 5 heteroatoms. The molecule has 1 aromatic carbocycles. The summed E-state index contributed by atoms with van der Waals surface area (Å²) >= 11 is 0. The predicted octanol–water partition coefficient (Wildman–Crippen LogP) is 5.30. The van der Waals surface area contributed by atoms with E-state index in [0.29, 0.717) is 18.3 Å². The van der Waals surface area contributed by atoms with Gasteiger partial charge < -0.3 is 10.2 Å². The van der Waals surface area contributed by atoms with Crippen LogP contribution in [0.15, 0.2) is 30.3 Å². The molecule has 4 rings (SSSR count). The van der Waals surface area contributed by atoms with Crippen molar-refractivity contribution in [1.29, 1.82) is 0 Å². The standard InChI is InChI=1S/C27H37N3O2/c1-30(2)27(32)23-17-25(29-24-10-6-5-9-22(23)24)21-14-11-20(12-15-21)18-28-26(31)16-13-19-7-3-4-8-19/h5-6,9-10,17,19-21H,3-4,7-8,11-16,18H2,1-2H3,(H,28,31). The molecule has 32 heavy (non-hydrogen) atoms. The van der Waals surface area contributed by atoms with Crippen molar-refractivity contribution in [2.45, 2.75) is 70.1 Å². The lowest BCUT2D eigenvalue weighted by Crippen LogP contribution is -2.31. The van der Waals surface area contributed by atoms with Crippen molar-refractivity contribution in [2.24, 2.45) is 11.8 Å². The summed E-state index contributed by atoms with van der Waals surface area (Å²) in [5.41, 5.74) is 2.67. The van der Waals surface area contributed by atoms with E-state index in [-0.39, 0.29) is 11.8 Å². The molecule has 0 atom stereocenters. The van der Waals surface area contributed by atoms with Gasteiger partial charge in [-0.3, -0.25) is 14.6 Å². The molecule has 5 nitrogen and oxygen atoms in total. The zero-order valence-corrected chi connectivity index (χ0v) is 19.6. The smallest absolute Gasteiger partial charge is 0.254 e. The predicted molar refractivity (Wildman–Crippen MR) is 129 cm³/mol. The molecule has 2 aliphatic carbocycles. The number of para-hydroxylation sites is 1. The average molecular weight is 436 g/mol. The third-order valence-corrected chi connectivity index (χ3v) is 7.48. The number of fused-ring (bicyclic) bond motifs is 1. The first-order valence-corrected chi connectivity index (χ1v) is 12.4. The number of carbonyl (C=O) groups excluding carboxylic acids is 2. The fourth-order valence-corrected chi connectivity index (χ4v) is 5.47. The summed E-state index contributed by atoms with van der Waals surface area (Å²) in [6, 6.07) is 9.94. The monoisotopic (exact) mass is 435 g/mol. The lowest BCUT2D eigenvalue weighted by Gasteiger charge is -2.29. The number of aromatic nitrogens is 1. The van der Waals surface area contributed by atoms with Crippen molar-refractivity contribution < 1.29 is 9.59 Å². The summed E-state index contributed by atoms with van der Waals surface area (Å²) in [6.07, 6.45) is 11.3. The Kier molecular flexibility index (Phi) is 7.44. The minimum Gasteiger partial charge on any atom is -0.356 e. The van der Waals surface area contributed by atoms with Gasteiger partial charge in [0.1, 0.15) is 0 Å². The van der Waals surface area contributed by atoms with Gasteiger partial charge in [-0.2, -0.15) is 0 Å². The maximum absolute atomic E-state index is 12.8. The van der Waals surface area contributed by atoms with Crippen molar-refractivity contribution in [3.63, 3.8) is 0 Å². The molecule has 2 aromatic rings. The summed E-state index contributed by atoms with van der Waals surface area (Å²) < 4.78 is 0. The number of amides is 2. The van der Waals surface area contributed by atoms with E-state index in [1.807, 2.05) is 30.3 Å². The van der Waals surface area contributed by atoms with E-state index in [4.69, 9.17) is 4.98 Å². The molecule has 0 radical (unpaired) electrons. The number of benzene rings is 1. The average Bonchev–Trinajstić information content (AvgIpc) is 3.34. The fourth-order valence-electron chi connectivity index (χ4n) is 5.47. The molecule has 0 aliphatic heterocycles. The summed E-state index contributed by atoms with van der Waals surface area (Å²) in [7, 11) is 3.59. The molecular formula is C27H37N3O2. The molecule has 172 valence electrons. The van der Waals surface area contributed by atoms with Crippen molar-refractivity contribution in [1.82, 2.24) is 15.2 Å². The van der Waals surface area contributed by atoms with Gasteiger partial charge in [0, 0.05) is 44.1 Å². The number of nitrogens with one attached hydrogen (secondary N) is 1. The molecule has 2 saturated carbocycles. The first-order valence-electron chi connectivity index (χ1n) is 12.4. The van der Waals surface area contributed by atoms with Gasteiger partial charge in [0.05, 0.1) is 11.1 Å². The van der Waals surface area contributed by atoms with Gasteiger partial charge in [0.25, 0.3) is 5.91 Å². The second-order valence-corrected chi connectivity index (χ2v) is 10.0. The van der Waals surface area contributed by atoms with Crippen LogP contribution in [0.5, 0.6) is 0 Å². The first-order chi connectivity index (χ1) is 15.5. The molecule has 0 spiro atoms. The largest absolute Gasteiger partial charge is 0.356 e. The molecule has 2 amide bonds. The molecule has 0 saturated heterocycles. The minimum atomic E-state index is 0.0267. The zero-order valence-electron chi connectivity index (χ0n) is 19.6. The van der Waals surface area contributed by atoms with E-state index in [2.05, 4.69) is 5.32 Å². The van der Waals surface area contributed by atoms with Gasteiger partial charge in [-0.1, -0.05) is 43.9 Å². The van der Waals surface area contributed by atoms with Crippen LogP contribution in [0, 0.1) is 11.8 Å². The zero-order chi connectivity index (χ0) is 22.5. The highest BCUT2D eigenvalue weighted by Crippen LogP contribution is 2.36. The minimum absolute atomic E-state index is 0.0267. The number of hydrogen-bond donors (Lipinski definition) is 1. The lowest BCUT2D eigenvalue weighted by atomic mass is 9.80. The van der Waals surface area contributed by atoms with Crippen LogP contribution < -0.4 is 5.32 Å². The number of hydrogen-bond acceptors (Lipinski definition) is 3. The topological polar surface area (TPSA) is 62.3 Å². The van der Waals surface area contributed by atoms with E-state index in [9.17, 15) is 9.59 Å². The molecule has 1 aromatic heterocycles. The third-order valence-electron chi connectivity index (χ3n) is 7.48. The van der Waals surface area contributed by atoms with Crippen molar-refractivity contribution in [3.8, 4) is 0 Å². The van der Waals surface area contributed by atoms with E-state index >= 15 is 0 Å². The van der Waals surface area contributed by atoms with Gasteiger partial charge in [-0.05, 0) is 56.1 Å². The van der Waals surface area contributed by atoms with Crippen LogP contribution in [-0.4, -0.2) is 42.3 Å². The molecule has 2 aliphatic rings. The van der Waals surface area contributed by atoms with Gasteiger partial charge in [-0.15, -0.1) is 0 Å². The Morgan fingerprint density at radius 2 is 1.72 bits per heavy atom. The van der Waals surface area contributed by atoms with Crippen LogP contribution in [0.2, 0.25) is 0 Å². The van der Waals surface area contributed by atoms with E-state index < -0.39 is 0 Å². The molecule has 1 heterocycles. The Hall–Kier alpha value is -2.43. The van der Waals surface area contributed by atoms with Crippen LogP contribution in [-0.2, 0) is 4.79 Å². The van der Waals surface area contributed by atoms with Crippen LogP contribution in [0.1, 0.15) is 86.2 Å². The van der Waals surface area contributed by atoms with Crippen LogP contribution in [0.25, 0.3) is 10.9 Å². The number of nitrogens with zero attached hydrogens (tertiary/aromatic N) is 2. The van der Waals surface area contributed by atoms with Crippen LogP contribution >= 0.6 is 0 Å². The van der Waals surface area contributed by atoms with E-state index in [1.165, 1.54) is 25.7 Å². The highest BCUT2D eigenvalue weighted by Gasteiger charge is 2.26. The summed E-state index contributed by atoms with van der Waals surface area (Å²) in [6.45, 7) is 0.797. The van der Waals surface area contributed by atoms with Crippen molar-refractivity contribution >= 4 is 22.7 Å². The van der Waals surface area contributed by atoms with Crippen molar-refractivity contribution in [2.75, 3.05) is 20.6 Å². The Bertz CT molecular complexity index is 941. The van der Waals surface area contributed by atoms with Crippen LogP contribution in [0.4, 0.5) is 0 Å². The number of pyridine rings is 1. The van der Waals surface area contributed by atoms with E-state index in [1.54, 1.807) is 19.0 Å². The van der Waals surface area contributed by atoms with Gasteiger partial charge >= 0.3 is 0 Å². The molecule has 0 unspecified atom stereocenters. The number of carbonyl (C=O) groups is 2. The molecule has 2 fully saturated rings. The second-order valence-electron chi connectivity index (χ2n) is 10.0. The lowest BCUT2D eigenvalue weighted by molar-refractivity contribution is -0.121. The molecule has 0 bridgehead atoms. The quantitative estimate of drug-likeness (QED) is 0.642. The highest BCUT2D eigenvalue weighted by molar-refractivity contribution is 6.06. The Morgan fingerprint density at radius 1 is 1.00 bits per heavy atom. The fraction of sp³-hybridized carbons (Fsp3) is 0.593. The Morgan fingerprint density at radius 3 is 2.44 bits per heavy atom. The van der Waals surface area contributed by atoms with Crippen molar-refractivity contribution in [3.05, 3.63) is 41.6 Å². The summed E-state index contributed by atoms with van der Waals surface area (Å²) in [4.78, 5) is 31.6.